The van der Waals surface area contributed by atoms with Gasteiger partial charge in [0.2, 0.25) is 0 Å². The molecule has 0 aliphatic carbocycles. The Hall–Kier alpha value is -3.53. The number of benzene rings is 3. The third-order valence-electron chi connectivity index (χ3n) is 5.48. The lowest BCUT2D eigenvalue weighted by molar-refractivity contribution is -0.233. The monoisotopic (exact) mass is 554 g/mol. The predicted octanol–water partition coefficient (Wildman–Crippen LogP) is 3.78. The summed E-state index contributed by atoms with van der Waals surface area (Å²) in [4.78, 5) is 37.3. The molecular formula is C27H23BrO8. The van der Waals surface area contributed by atoms with Crippen molar-refractivity contribution in [2.24, 2.45) is 0 Å². The number of carbonyl (C=O) groups is 3. The number of hydrogen-bond donors (Lipinski definition) is 1. The Morgan fingerprint density at radius 3 is 1.58 bits per heavy atom. The summed E-state index contributed by atoms with van der Waals surface area (Å²) in [6.07, 6.45) is -4.93. The summed E-state index contributed by atoms with van der Waals surface area (Å²) in [5.74, 6) is -2.00. The van der Waals surface area contributed by atoms with Gasteiger partial charge in [0.25, 0.3) is 0 Å². The summed E-state index contributed by atoms with van der Waals surface area (Å²) in [6, 6.07) is 24.8. The molecule has 0 saturated carbocycles. The first-order chi connectivity index (χ1) is 17.4. The van der Waals surface area contributed by atoms with Gasteiger partial charge in [-0.2, -0.15) is 0 Å². The molecule has 1 heterocycles. The maximum atomic E-state index is 12.9. The minimum Gasteiger partial charge on any atom is -0.459 e. The van der Waals surface area contributed by atoms with Gasteiger partial charge in [-0.3, -0.25) is 0 Å². The van der Waals surface area contributed by atoms with Gasteiger partial charge in [0.05, 0.1) is 16.7 Å². The van der Waals surface area contributed by atoms with Crippen LogP contribution in [0.4, 0.5) is 0 Å². The molecule has 0 radical (unpaired) electrons. The van der Waals surface area contributed by atoms with Gasteiger partial charge in [0, 0.05) is 0 Å². The topological polar surface area (TPSA) is 108 Å². The molecule has 5 atom stereocenters. The lowest BCUT2D eigenvalue weighted by Gasteiger charge is -2.41. The standard InChI is InChI=1S/C27H23BrO8/c28-21-23(36-26(31)19-14-8-3-9-15-19)22(35-25(30)18-12-6-2-7-13-18)20(34-27(21)32)16-33-24(29)17-10-4-1-5-11-17/h1-15,20-23,27,32H,16H2/t20-,21+,22+,23-,27+/m1/s1. The van der Waals surface area contributed by atoms with Crippen molar-refractivity contribution in [3.63, 3.8) is 0 Å². The average molecular weight is 555 g/mol. The van der Waals surface area contributed by atoms with Crippen molar-refractivity contribution >= 4 is 33.8 Å². The van der Waals surface area contributed by atoms with Crippen molar-refractivity contribution in [2.75, 3.05) is 6.61 Å². The Morgan fingerprint density at radius 1 is 0.694 bits per heavy atom. The molecule has 4 rings (SSSR count). The van der Waals surface area contributed by atoms with Gasteiger partial charge >= 0.3 is 17.9 Å². The summed E-state index contributed by atoms with van der Waals surface area (Å²) < 4.78 is 22.4. The van der Waals surface area contributed by atoms with Gasteiger partial charge in [-0.05, 0) is 36.4 Å². The number of aliphatic hydroxyl groups is 1. The van der Waals surface area contributed by atoms with Crippen molar-refractivity contribution in [3.8, 4) is 0 Å². The number of aliphatic hydroxyl groups excluding tert-OH is 1. The van der Waals surface area contributed by atoms with E-state index in [2.05, 4.69) is 15.9 Å². The fraction of sp³-hybridized carbons (Fsp3) is 0.222. The molecule has 3 aromatic rings. The van der Waals surface area contributed by atoms with Gasteiger partial charge in [-0.25, -0.2) is 14.4 Å². The molecule has 186 valence electrons. The van der Waals surface area contributed by atoms with E-state index in [0.717, 1.165) is 0 Å². The van der Waals surface area contributed by atoms with Gasteiger partial charge in [0.15, 0.2) is 18.5 Å². The first-order valence-electron chi connectivity index (χ1n) is 11.2. The van der Waals surface area contributed by atoms with Crippen LogP contribution < -0.4 is 0 Å². The van der Waals surface area contributed by atoms with Gasteiger partial charge in [-0.1, -0.05) is 70.5 Å². The van der Waals surface area contributed by atoms with E-state index in [0.29, 0.717) is 5.56 Å². The molecule has 0 spiro atoms. The normalized spacial score (nSPS) is 23.3. The number of rotatable bonds is 7. The van der Waals surface area contributed by atoms with Crippen LogP contribution in [0.25, 0.3) is 0 Å². The first-order valence-corrected chi connectivity index (χ1v) is 12.1. The predicted molar refractivity (Wildman–Crippen MR) is 132 cm³/mol. The molecule has 36 heavy (non-hydrogen) atoms. The van der Waals surface area contributed by atoms with Crippen LogP contribution in [0.3, 0.4) is 0 Å². The Labute approximate surface area is 215 Å². The number of ether oxygens (including phenoxy) is 4. The zero-order valence-electron chi connectivity index (χ0n) is 18.9. The first kappa shape index (κ1) is 25.6. The molecule has 9 heteroatoms. The van der Waals surface area contributed by atoms with E-state index in [1.165, 1.54) is 0 Å². The van der Waals surface area contributed by atoms with Crippen LogP contribution in [0.15, 0.2) is 91.0 Å². The molecule has 1 saturated heterocycles. The molecule has 0 aromatic heterocycles. The third kappa shape index (κ3) is 6.17. The van der Waals surface area contributed by atoms with E-state index in [1.54, 1.807) is 91.0 Å². The van der Waals surface area contributed by atoms with Crippen LogP contribution in [0.5, 0.6) is 0 Å². The van der Waals surface area contributed by atoms with Crippen LogP contribution in [0.2, 0.25) is 0 Å². The summed E-state index contributed by atoms with van der Waals surface area (Å²) in [6.45, 7) is -0.364. The van der Waals surface area contributed by atoms with Crippen LogP contribution in [-0.2, 0) is 18.9 Å². The molecule has 0 bridgehead atoms. The number of alkyl halides is 1. The molecule has 3 aromatic carbocycles. The van der Waals surface area contributed by atoms with Crippen LogP contribution >= 0.6 is 15.9 Å². The van der Waals surface area contributed by atoms with Crippen LogP contribution in [-0.4, -0.2) is 59.1 Å². The van der Waals surface area contributed by atoms with E-state index in [-0.39, 0.29) is 17.7 Å². The smallest absolute Gasteiger partial charge is 0.338 e. The van der Waals surface area contributed by atoms with Crippen molar-refractivity contribution in [3.05, 3.63) is 108 Å². The fourth-order valence-electron chi connectivity index (χ4n) is 3.64. The Morgan fingerprint density at radius 2 is 1.11 bits per heavy atom. The highest BCUT2D eigenvalue weighted by Gasteiger charge is 2.49. The molecule has 0 amide bonds. The highest BCUT2D eigenvalue weighted by Crippen LogP contribution is 2.31. The van der Waals surface area contributed by atoms with Crippen molar-refractivity contribution in [1.82, 2.24) is 0 Å². The molecule has 1 aliphatic rings. The number of halogens is 1. The van der Waals surface area contributed by atoms with Gasteiger partial charge in [-0.15, -0.1) is 0 Å². The largest absolute Gasteiger partial charge is 0.459 e. The summed E-state index contributed by atoms with van der Waals surface area (Å²) >= 11 is 3.30. The molecule has 1 aliphatic heterocycles. The Balaban J connectivity index is 1.57. The highest BCUT2D eigenvalue weighted by molar-refractivity contribution is 9.09. The SMILES string of the molecule is O=C(OC[C@H]1O[C@H](O)[C@@H](Br)[C@@H](OC(=O)c2ccccc2)[C@H]1OC(=O)c1ccccc1)c1ccccc1. The average Bonchev–Trinajstić information content (AvgIpc) is 2.92. The van der Waals surface area contributed by atoms with E-state index in [4.69, 9.17) is 18.9 Å². The molecule has 8 nitrogen and oxygen atoms in total. The minimum absolute atomic E-state index is 0.267. The van der Waals surface area contributed by atoms with E-state index in [1.807, 2.05) is 0 Å². The van der Waals surface area contributed by atoms with Crippen LogP contribution in [0, 0.1) is 0 Å². The Bertz CT molecular complexity index is 1170. The van der Waals surface area contributed by atoms with E-state index < -0.39 is 47.3 Å². The molecular weight excluding hydrogens is 532 g/mol. The maximum Gasteiger partial charge on any atom is 0.338 e. The summed E-state index contributed by atoms with van der Waals surface area (Å²) in [5, 5.41) is 10.5. The lowest BCUT2D eigenvalue weighted by atomic mass is 10.0. The second-order valence-electron chi connectivity index (χ2n) is 7.95. The van der Waals surface area contributed by atoms with Crippen LogP contribution in [0.1, 0.15) is 31.1 Å². The van der Waals surface area contributed by atoms with Crippen molar-refractivity contribution in [2.45, 2.75) is 29.4 Å². The number of carbonyl (C=O) groups excluding carboxylic acids is 3. The third-order valence-corrected chi connectivity index (χ3v) is 6.46. The minimum atomic E-state index is -1.44. The zero-order valence-corrected chi connectivity index (χ0v) is 20.5. The van der Waals surface area contributed by atoms with E-state index >= 15 is 0 Å². The van der Waals surface area contributed by atoms with Crippen molar-refractivity contribution in [1.29, 1.82) is 0 Å². The molecule has 0 unspecified atom stereocenters. The lowest BCUT2D eigenvalue weighted by Crippen LogP contribution is -2.59. The quantitative estimate of drug-likeness (QED) is 0.267. The number of hydrogen-bond acceptors (Lipinski definition) is 8. The van der Waals surface area contributed by atoms with E-state index in [9.17, 15) is 19.5 Å². The molecule has 1 fully saturated rings. The highest BCUT2D eigenvalue weighted by atomic mass is 79.9. The van der Waals surface area contributed by atoms with Gasteiger partial charge < -0.3 is 24.1 Å². The zero-order chi connectivity index (χ0) is 25.5. The number of esters is 3. The molecule has 1 N–H and O–H groups in total. The van der Waals surface area contributed by atoms with Crippen molar-refractivity contribution < 1.29 is 38.4 Å². The second kappa shape index (κ2) is 11.9. The summed E-state index contributed by atoms with van der Waals surface area (Å²) in [5.41, 5.74) is 0.860. The second-order valence-corrected chi connectivity index (χ2v) is 9.00. The fourth-order valence-corrected chi connectivity index (χ4v) is 4.18. The Kier molecular flexibility index (Phi) is 8.48. The van der Waals surface area contributed by atoms with Gasteiger partial charge in [0.1, 0.15) is 17.5 Å². The summed E-state index contributed by atoms with van der Waals surface area (Å²) in [7, 11) is 0. The maximum absolute atomic E-state index is 12.9.